The number of nitrogens with zero attached hydrogens (tertiary/aromatic N) is 1. The van der Waals surface area contributed by atoms with Crippen LogP contribution in [-0.2, 0) is 4.84 Å². The van der Waals surface area contributed by atoms with Crippen LogP contribution in [0, 0.1) is 0 Å². The molecule has 1 aromatic carbocycles. The lowest BCUT2D eigenvalue weighted by molar-refractivity contribution is -0.182. The molecular weight excluding hydrogens is 246 g/mol. The second-order valence-electron chi connectivity index (χ2n) is 5.30. The minimum Gasteiger partial charge on any atom is -0.463 e. The second-order valence-corrected chi connectivity index (χ2v) is 5.30. The maximum atomic E-state index is 11.0. The number of carbonyl (C=O) groups is 1. The van der Waals surface area contributed by atoms with E-state index < -0.39 is 17.7 Å². The number of amides is 1. The van der Waals surface area contributed by atoms with Crippen molar-refractivity contribution in [3.05, 3.63) is 35.9 Å². The lowest BCUT2D eigenvalue weighted by Gasteiger charge is -2.31. The fourth-order valence-electron chi connectivity index (χ4n) is 1.63. The predicted molar refractivity (Wildman–Crippen MR) is 71.6 cm³/mol. The highest BCUT2D eigenvalue weighted by Gasteiger charge is 2.27. The molecule has 0 unspecified atom stereocenters. The summed E-state index contributed by atoms with van der Waals surface area (Å²) in [5.41, 5.74) is 0.160. The van der Waals surface area contributed by atoms with Gasteiger partial charge in [0.2, 0.25) is 0 Å². The molecule has 0 radical (unpaired) electrons. The molecule has 0 aromatic heterocycles. The Balaban J connectivity index is 2.47. The Hall–Kier alpha value is -1.59. The Morgan fingerprint density at radius 3 is 2.37 bits per heavy atom. The average molecular weight is 267 g/mol. The van der Waals surface area contributed by atoms with E-state index in [2.05, 4.69) is 0 Å². The highest BCUT2D eigenvalue weighted by atomic mass is 16.7. The summed E-state index contributed by atoms with van der Waals surface area (Å²) in [7, 11) is 0. The number of carboxylic acid groups (broad SMARTS) is 1. The van der Waals surface area contributed by atoms with Crippen LogP contribution in [0.15, 0.2) is 30.3 Å². The molecule has 1 aromatic rings. The van der Waals surface area contributed by atoms with E-state index in [0.29, 0.717) is 6.42 Å². The Bertz CT molecular complexity index is 400. The molecule has 2 N–H and O–H groups in total. The molecule has 0 aliphatic heterocycles. The van der Waals surface area contributed by atoms with E-state index >= 15 is 0 Å². The molecule has 5 nitrogen and oxygen atoms in total. The van der Waals surface area contributed by atoms with Gasteiger partial charge in [0.15, 0.2) is 0 Å². The Labute approximate surface area is 113 Å². The zero-order valence-electron chi connectivity index (χ0n) is 11.5. The quantitative estimate of drug-likeness (QED) is 0.805. The van der Waals surface area contributed by atoms with Gasteiger partial charge < -0.3 is 10.2 Å². The molecule has 19 heavy (non-hydrogen) atoms. The zero-order valence-corrected chi connectivity index (χ0v) is 11.5. The van der Waals surface area contributed by atoms with E-state index in [1.807, 2.05) is 30.3 Å². The molecule has 1 rings (SSSR count). The van der Waals surface area contributed by atoms with Gasteiger partial charge in [0.05, 0.1) is 18.2 Å². The first kappa shape index (κ1) is 15.5. The molecule has 0 aliphatic rings. The molecule has 1 amide bonds. The van der Waals surface area contributed by atoms with Crippen molar-refractivity contribution in [1.29, 1.82) is 0 Å². The van der Waals surface area contributed by atoms with Gasteiger partial charge in [0, 0.05) is 6.42 Å². The number of aliphatic hydroxyl groups excluding tert-OH is 1. The van der Waals surface area contributed by atoms with E-state index in [0.717, 1.165) is 10.6 Å². The third kappa shape index (κ3) is 4.89. The van der Waals surface area contributed by atoms with Crippen molar-refractivity contribution >= 4 is 6.09 Å². The fourth-order valence-corrected chi connectivity index (χ4v) is 1.63. The lowest BCUT2D eigenvalue weighted by Crippen LogP contribution is -2.45. The first-order chi connectivity index (χ1) is 8.82. The molecule has 0 fully saturated rings. The molecule has 106 valence electrons. The number of rotatable bonds is 5. The number of hydroxylamine groups is 2. The molecular formula is C14H21NO4. The van der Waals surface area contributed by atoms with Gasteiger partial charge in [-0.05, 0) is 26.3 Å². The molecule has 5 heteroatoms. The first-order valence-corrected chi connectivity index (χ1v) is 6.21. The Kier molecular flexibility index (Phi) is 5.32. The van der Waals surface area contributed by atoms with Gasteiger partial charge in [-0.25, -0.2) is 4.79 Å². The van der Waals surface area contributed by atoms with Gasteiger partial charge in [-0.3, -0.25) is 4.84 Å². The van der Waals surface area contributed by atoms with Crippen LogP contribution < -0.4 is 0 Å². The lowest BCUT2D eigenvalue weighted by atomic mass is 10.1. The van der Waals surface area contributed by atoms with Gasteiger partial charge >= 0.3 is 6.09 Å². The van der Waals surface area contributed by atoms with Gasteiger partial charge in [-0.1, -0.05) is 30.3 Å². The predicted octanol–water partition coefficient (Wildman–Crippen LogP) is 2.82. The fraction of sp³-hybridized carbons (Fsp3) is 0.500. The summed E-state index contributed by atoms with van der Waals surface area (Å²) in [6.07, 6.45) is -1.46. The summed E-state index contributed by atoms with van der Waals surface area (Å²) in [5, 5.41) is 19.9. The minimum absolute atomic E-state index is 0.139. The number of hydrogen-bond donors (Lipinski definition) is 2. The molecule has 0 saturated heterocycles. The zero-order chi connectivity index (χ0) is 14.5. The summed E-state index contributed by atoms with van der Waals surface area (Å²) in [6, 6.07) is 9.21. The van der Waals surface area contributed by atoms with Crippen molar-refractivity contribution in [3.8, 4) is 0 Å². The standard InChI is InChI=1S/C14H21NO4/c1-14(2,3)15(13(17)18)19-10-9-12(16)11-7-5-4-6-8-11/h4-8,12,16H,9-10H2,1-3H3,(H,17,18)/t12-/m1/s1. The van der Waals surface area contributed by atoms with Crippen LogP contribution in [0.5, 0.6) is 0 Å². The van der Waals surface area contributed by atoms with Crippen LogP contribution in [0.4, 0.5) is 4.79 Å². The Morgan fingerprint density at radius 1 is 1.32 bits per heavy atom. The van der Waals surface area contributed by atoms with Crippen molar-refractivity contribution in [2.45, 2.75) is 38.8 Å². The molecule has 0 aliphatic carbocycles. The van der Waals surface area contributed by atoms with Crippen molar-refractivity contribution in [3.63, 3.8) is 0 Å². The smallest absolute Gasteiger partial charge is 0.431 e. The molecule has 0 bridgehead atoms. The average Bonchev–Trinajstić information content (AvgIpc) is 2.33. The summed E-state index contributed by atoms with van der Waals surface area (Å²) in [6.45, 7) is 5.37. The van der Waals surface area contributed by atoms with Gasteiger partial charge in [-0.15, -0.1) is 0 Å². The summed E-state index contributed by atoms with van der Waals surface area (Å²) >= 11 is 0. The van der Waals surface area contributed by atoms with E-state index in [4.69, 9.17) is 9.94 Å². The first-order valence-electron chi connectivity index (χ1n) is 6.21. The second kappa shape index (κ2) is 6.54. The van der Waals surface area contributed by atoms with Crippen LogP contribution >= 0.6 is 0 Å². The van der Waals surface area contributed by atoms with Crippen molar-refractivity contribution in [2.75, 3.05) is 6.61 Å². The van der Waals surface area contributed by atoms with Crippen LogP contribution in [0.25, 0.3) is 0 Å². The van der Waals surface area contributed by atoms with E-state index in [9.17, 15) is 9.90 Å². The topological polar surface area (TPSA) is 70.0 Å². The monoisotopic (exact) mass is 267 g/mol. The third-order valence-corrected chi connectivity index (χ3v) is 2.58. The Morgan fingerprint density at radius 2 is 1.89 bits per heavy atom. The molecule has 0 saturated carbocycles. The highest BCUT2D eigenvalue weighted by Crippen LogP contribution is 2.18. The van der Waals surface area contributed by atoms with E-state index in [-0.39, 0.29) is 6.61 Å². The van der Waals surface area contributed by atoms with Crippen LogP contribution in [0.2, 0.25) is 0 Å². The summed E-state index contributed by atoms with van der Waals surface area (Å²) in [4.78, 5) is 16.3. The molecule has 1 atom stereocenters. The van der Waals surface area contributed by atoms with Crippen LogP contribution in [-0.4, -0.2) is 33.5 Å². The summed E-state index contributed by atoms with van der Waals surface area (Å²) in [5.74, 6) is 0. The number of aliphatic hydroxyl groups is 1. The number of benzene rings is 1. The van der Waals surface area contributed by atoms with Crippen molar-refractivity contribution in [2.24, 2.45) is 0 Å². The van der Waals surface area contributed by atoms with E-state index in [1.54, 1.807) is 20.8 Å². The van der Waals surface area contributed by atoms with Crippen LogP contribution in [0.3, 0.4) is 0 Å². The van der Waals surface area contributed by atoms with Crippen LogP contribution in [0.1, 0.15) is 38.9 Å². The maximum absolute atomic E-state index is 11.0. The number of hydrogen-bond acceptors (Lipinski definition) is 3. The van der Waals surface area contributed by atoms with Gasteiger partial charge in [0.25, 0.3) is 0 Å². The minimum atomic E-state index is -1.14. The van der Waals surface area contributed by atoms with E-state index in [1.165, 1.54) is 0 Å². The third-order valence-electron chi connectivity index (χ3n) is 2.58. The molecule has 0 heterocycles. The molecule has 0 spiro atoms. The van der Waals surface area contributed by atoms with Gasteiger partial charge in [-0.2, -0.15) is 5.06 Å². The summed E-state index contributed by atoms with van der Waals surface area (Å²) < 4.78 is 0. The SMILES string of the molecule is CC(C)(C)N(OCC[C@@H](O)c1ccccc1)C(=O)O. The largest absolute Gasteiger partial charge is 0.463 e. The van der Waals surface area contributed by atoms with Gasteiger partial charge in [0.1, 0.15) is 0 Å². The normalized spacial score (nSPS) is 13.1. The van der Waals surface area contributed by atoms with Crippen molar-refractivity contribution in [1.82, 2.24) is 5.06 Å². The maximum Gasteiger partial charge on any atom is 0.431 e. The van der Waals surface area contributed by atoms with Crippen molar-refractivity contribution < 1.29 is 19.8 Å². The highest BCUT2D eigenvalue weighted by molar-refractivity contribution is 5.64.